The number of rotatable bonds is 3. The van der Waals surface area contributed by atoms with E-state index in [1.54, 1.807) is 24.1 Å². The van der Waals surface area contributed by atoms with Gasteiger partial charge in [-0.15, -0.1) is 0 Å². The number of nitrogens with zero attached hydrogens (tertiary/aromatic N) is 3. The Bertz CT molecular complexity index is 738. The lowest BCUT2D eigenvalue weighted by Gasteiger charge is -2.41. The average molecular weight is 401 g/mol. The number of anilines is 2. The first-order valence-corrected chi connectivity index (χ1v) is 11.1. The summed E-state index contributed by atoms with van der Waals surface area (Å²) >= 11 is 0. The minimum Gasteiger partial charge on any atom is -0.481 e. The summed E-state index contributed by atoms with van der Waals surface area (Å²) in [5.41, 5.74) is 0.587. The Hall–Kier alpha value is -2.15. The van der Waals surface area contributed by atoms with Crippen LogP contribution in [0.5, 0.6) is 5.88 Å². The van der Waals surface area contributed by atoms with Crippen molar-refractivity contribution in [2.75, 3.05) is 30.4 Å². The number of carbonyl (C=O) groups is 2. The van der Waals surface area contributed by atoms with Crippen LogP contribution in [0.4, 0.5) is 11.5 Å². The van der Waals surface area contributed by atoms with Crippen LogP contribution in [0, 0.1) is 0 Å². The molecule has 7 heteroatoms. The molecule has 3 heterocycles. The first-order chi connectivity index (χ1) is 14.2. The molecule has 0 radical (unpaired) electrons. The number of carbonyl (C=O) groups excluding carboxylic acids is 2. The van der Waals surface area contributed by atoms with Gasteiger partial charge in [-0.3, -0.25) is 14.5 Å². The van der Waals surface area contributed by atoms with E-state index in [1.807, 2.05) is 0 Å². The van der Waals surface area contributed by atoms with E-state index in [9.17, 15) is 9.59 Å². The summed E-state index contributed by atoms with van der Waals surface area (Å²) in [5.74, 6) is 0.512. The normalized spacial score (nSPS) is 23.0. The van der Waals surface area contributed by atoms with Crippen LogP contribution in [-0.2, 0) is 9.59 Å². The fourth-order valence-corrected chi connectivity index (χ4v) is 5.05. The molecule has 0 bridgehead atoms. The molecule has 0 aromatic carbocycles. The van der Waals surface area contributed by atoms with Gasteiger partial charge in [-0.2, -0.15) is 4.98 Å². The molecule has 1 aromatic rings. The summed E-state index contributed by atoms with van der Waals surface area (Å²) < 4.78 is 5.27. The summed E-state index contributed by atoms with van der Waals surface area (Å²) in [6.07, 6.45) is 11.1. The van der Waals surface area contributed by atoms with Crippen molar-refractivity contribution in [1.29, 1.82) is 0 Å². The molecule has 0 spiro atoms. The molecule has 2 fully saturated rings. The Labute approximate surface area is 172 Å². The molecule has 158 valence electrons. The molecular formula is C22H32N4O3. The summed E-state index contributed by atoms with van der Waals surface area (Å²) in [4.78, 5) is 34.0. The molecule has 4 rings (SSSR count). The predicted molar refractivity (Wildman–Crippen MR) is 112 cm³/mol. The molecule has 2 amide bonds. The Morgan fingerprint density at radius 2 is 1.66 bits per heavy atom. The van der Waals surface area contributed by atoms with E-state index in [2.05, 4.69) is 15.2 Å². The van der Waals surface area contributed by atoms with Crippen molar-refractivity contribution in [2.24, 2.45) is 0 Å². The Balaban J connectivity index is 1.49. The Morgan fingerprint density at radius 1 is 0.966 bits per heavy atom. The lowest BCUT2D eigenvalue weighted by molar-refractivity contribution is -0.125. The van der Waals surface area contributed by atoms with Gasteiger partial charge < -0.3 is 15.0 Å². The molecule has 1 aliphatic carbocycles. The molecule has 1 N–H and O–H groups in total. The number of hydrogen-bond acceptors (Lipinski definition) is 5. The third-order valence-corrected chi connectivity index (χ3v) is 6.60. The number of pyridine rings is 1. The molecule has 0 atom stereocenters. The lowest BCUT2D eigenvalue weighted by atomic mass is 9.93. The number of amides is 2. The van der Waals surface area contributed by atoms with Gasteiger partial charge in [-0.25, -0.2) is 0 Å². The molecule has 2 aliphatic heterocycles. The van der Waals surface area contributed by atoms with E-state index in [-0.39, 0.29) is 24.3 Å². The van der Waals surface area contributed by atoms with E-state index < -0.39 is 0 Å². The van der Waals surface area contributed by atoms with Crippen molar-refractivity contribution in [3.05, 3.63) is 12.1 Å². The van der Waals surface area contributed by atoms with Crippen molar-refractivity contribution in [1.82, 2.24) is 9.88 Å². The van der Waals surface area contributed by atoms with E-state index in [1.165, 1.54) is 44.9 Å². The number of fused-ring (bicyclic) bond motifs is 1. The summed E-state index contributed by atoms with van der Waals surface area (Å²) in [6, 6.07) is 4.24. The van der Waals surface area contributed by atoms with Crippen LogP contribution in [-0.4, -0.2) is 54.0 Å². The standard InChI is InChI=1S/C22H32N4O3/c1-29-20-10-9-18-22(24-20)26(21(28)15-19(27)23-18)17-11-13-25(14-12-17)16-7-5-3-2-4-6-8-16/h9-10,16-17H,2-8,11-15H2,1H3,(H,23,27). The zero-order chi connectivity index (χ0) is 20.2. The molecular weight excluding hydrogens is 368 g/mol. The molecule has 1 saturated heterocycles. The van der Waals surface area contributed by atoms with Crippen LogP contribution < -0.4 is 15.0 Å². The lowest BCUT2D eigenvalue weighted by Crippen LogP contribution is -2.50. The van der Waals surface area contributed by atoms with Crippen molar-refractivity contribution < 1.29 is 14.3 Å². The van der Waals surface area contributed by atoms with Gasteiger partial charge in [0, 0.05) is 31.2 Å². The van der Waals surface area contributed by atoms with Gasteiger partial charge >= 0.3 is 0 Å². The van der Waals surface area contributed by atoms with E-state index in [4.69, 9.17) is 4.74 Å². The predicted octanol–water partition coefficient (Wildman–Crippen LogP) is 3.34. The van der Waals surface area contributed by atoms with Gasteiger partial charge in [-0.05, 0) is 31.7 Å². The highest BCUT2D eigenvalue weighted by molar-refractivity contribution is 6.14. The molecule has 7 nitrogen and oxygen atoms in total. The first-order valence-electron chi connectivity index (χ1n) is 11.1. The van der Waals surface area contributed by atoms with Crippen molar-refractivity contribution in [2.45, 2.75) is 76.3 Å². The van der Waals surface area contributed by atoms with E-state index >= 15 is 0 Å². The van der Waals surface area contributed by atoms with Crippen LogP contribution >= 0.6 is 0 Å². The van der Waals surface area contributed by atoms with E-state index in [0.29, 0.717) is 23.4 Å². The minimum absolute atomic E-state index is 0.0679. The first kappa shape index (κ1) is 20.1. The number of aromatic nitrogens is 1. The molecule has 3 aliphatic rings. The van der Waals surface area contributed by atoms with E-state index in [0.717, 1.165) is 25.9 Å². The second-order valence-electron chi connectivity index (χ2n) is 8.48. The minimum atomic E-state index is -0.280. The fourth-order valence-electron chi connectivity index (χ4n) is 5.05. The number of hydrogen-bond donors (Lipinski definition) is 1. The smallest absolute Gasteiger partial charge is 0.237 e. The summed E-state index contributed by atoms with van der Waals surface area (Å²) in [7, 11) is 1.56. The fraction of sp³-hybridized carbons (Fsp3) is 0.682. The SMILES string of the molecule is COc1ccc2c(n1)N(C1CCN(C3CCCCCCC3)CC1)C(=O)CC(=O)N2. The molecule has 1 aromatic heterocycles. The maximum absolute atomic E-state index is 12.9. The number of likely N-dealkylation sites (tertiary alicyclic amines) is 1. The number of nitrogens with one attached hydrogen (secondary N) is 1. The third-order valence-electron chi connectivity index (χ3n) is 6.60. The number of ether oxygens (including phenoxy) is 1. The largest absolute Gasteiger partial charge is 0.481 e. The highest BCUT2D eigenvalue weighted by Gasteiger charge is 2.36. The topological polar surface area (TPSA) is 74.8 Å². The van der Waals surface area contributed by atoms with Gasteiger partial charge in [0.15, 0.2) is 5.82 Å². The maximum atomic E-state index is 12.9. The number of methoxy groups -OCH3 is 1. The molecule has 0 unspecified atom stereocenters. The zero-order valence-electron chi connectivity index (χ0n) is 17.4. The molecule has 29 heavy (non-hydrogen) atoms. The average Bonchev–Trinajstić information content (AvgIpc) is 2.82. The monoisotopic (exact) mass is 400 g/mol. The highest BCUT2D eigenvalue weighted by Crippen LogP contribution is 2.34. The zero-order valence-corrected chi connectivity index (χ0v) is 17.4. The second kappa shape index (κ2) is 9.11. The van der Waals surface area contributed by atoms with Gasteiger partial charge in [0.05, 0.1) is 12.8 Å². The summed E-state index contributed by atoms with van der Waals surface area (Å²) in [5, 5.41) is 2.82. The van der Waals surface area contributed by atoms with Crippen molar-refractivity contribution in [3.8, 4) is 5.88 Å². The Kier molecular flexibility index (Phi) is 6.33. The highest BCUT2D eigenvalue weighted by atomic mass is 16.5. The van der Waals surface area contributed by atoms with Crippen LogP contribution in [0.1, 0.15) is 64.2 Å². The van der Waals surface area contributed by atoms with Crippen LogP contribution in [0.25, 0.3) is 0 Å². The maximum Gasteiger partial charge on any atom is 0.237 e. The van der Waals surface area contributed by atoms with Gasteiger partial charge in [0.1, 0.15) is 6.42 Å². The molecule has 1 saturated carbocycles. The van der Waals surface area contributed by atoms with Gasteiger partial charge in [-0.1, -0.05) is 32.1 Å². The third kappa shape index (κ3) is 4.55. The van der Waals surface area contributed by atoms with Gasteiger partial charge in [0.2, 0.25) is 17.7 Å². The van der Waals surface area contributed by atoms with Crippen LogP contribution in [0.3, 0.4) is 0 Å². The summed E-state index contributed by atoms with van der Waals surface area (Å²) in [6.45, 7) is 2.00. The van der Waals surface area contributed by atoms with Crippen molar-refractivity contribution >= 4 is 23.3 Å². The van der Waals surface area contributed by atoms with Gasteiger partial charge in [0.25, 0.3) is 0 Å². The Morgan fingerprint density at radius 3 is 2.34 bits per heavy atom. The van der Waals surface area contributed by atoms with Crippen LogP contribution in [0.2, 0.25) is 0 Å². The van der Waals surface area contributed by atoms with Crippen molar-refractivity contribution in [3.63, 3.8) is 0 Å². The van der Waals surface area contributed by atoms with Crippen LogP contribution in [0.15, 0.2) is 12.1 Å². The quantitative estimate of drug-likeness (QED) is 0.788. The second-order valence-corrected chi connectivity index (χ2v) is 8.48. The number of piperidine rings is 1.